The van der Waals surface area contributed by atoms with Gasteiger partial charge < -0.3 is 0 Å². The van der Waals surface area contributed by atoms with Crippen molar-refractivity contribution in [3.8, 4) is 0 Å². The molecule has 0 spiro atoms. The second kappa shape index (κ2) is 1.88. The molecule has 0 aliphatic carbocycles. The first-order chi connectivity index (χ1) is 4.88. The molecular formula is C4H2ClN5. The van der Waals surface area contributed by atoms with E-state index in [2.05, 4.69) is 25.4 Å². The van der Waals surface area contributed by atoms with Crippen molar-refractivity contribution in [3.63, 3.8) is 0 Å². The average Bonchev–Trinajstić information content (AvgIpc) is 2.36. The summed E-state index contributed by atoms with van der Waals surface area (Å²) in [4.78, 5) is 7.54. The van der Waals surface area contributed by atoms with E-state index >= 15 is 0 Å². The third-order valence-corrected chi connectivity index (χ3v) is 1.36. The second-order valence-electron chi connectivity index (χ2n) is 1.67. The van der Waals surface area contributed by atoms with Gasteiger partial charge in [-0.1, -0.05) is 16.8 Å². The van der Waals surface area contributed by atoms with Gasteiger partial charge in [-0.05, 0) is 0 Å². The number of nitrogens with one attached hydrogen (secondary N) is 1. The lowest BCUT2D eigenvalue weighted by atomic mass is 10.6. The molecular weight excluding hydrogens is 154 g/mol. The minimum atomic E-state index is 0.318. The maximum Gasteiger partial charge on any atom is 0.180 e. The van der Waals surface area contributed by atoms with Crippen molar-refractivity contribution < 1.29 is 0 Å². The van der Waals surface area contributed by atoms with E-state index in [1.54, 1.807) is 0 Å². The van der Waals surface area contributed by atoms with Gasteiger partial charge in [0.25, 0.3) is 0 Å². The molecule has 2 aromatic heterocycles. The standard InChI is InChI=1S/C4H2ClN5/c5-3-2-4(7-1-6-3)9-10-8-2/h1H,(H,6,7,8,9,10). The van der Waals surface area contributed by atoms with Crippen LogP contribution in [0, 0.1) is 0 Å². The first-order valence-corrected chi connectivity index (χ1v) is 2.93. The number of halogens is 1. The number of hydrogen-bond donors (Lipinski definition) is 1. The Bertz CT molecular complexity index is 355. The maximum absolute atomic E-state index is 5.62. The molecule has 0 aromatic carbocycles. The van der Waals surface area contributed by atoms with Crippen LogP contribution in [0.1, 0.15) is 0 Å². The van der Waals surface area contributed by atoms with Crippen molar-refractivity contribution >= 4 is 22.8 Å². The highest BCUT2D eigenvalue weighted by molar-refractivity contribution is 6.33. The Morgan fingerprint density at radius 1 is 1.40 bits per heavy atom. The van der Waals surface area contributed by atoms with E-state index in [-0.39, 0.29) is 0 Å². The Balaban J connectivity index is 2.95. The molecule has 0 amide bonds. The Kier molecular flexibility index (Phi) is 1.04. The van der Waals surface area contributed by atoms with Gasteiger partial charge in [0.2, 0.25) is 0 Å². The molecule has 6 heteroatoms. The van der Waals surface area contributed by atoms with Crippen molar-refractivity contribution in [3.05, 3.63) is 11.5 Å². The summed E-state index contributed by atoms with van der Waals surface area (Å²) in [7, 11) is 0. The van der Waals surface area contributed by atoms with Crippen LogP contribution < -0.4 is 0 Å². The second-order valence-corrected chi connectivity index (χ2v) is 2.03. The summed E-state index contributed by atoms with van der Waals surface area (Å²) in [6.07, 6.45) is 1.35. The SMILES string of the molecule is Clc1ncnc2[nH]nnc12. The van der Waals surface area contributed by atoms with Crippen LogP contribution in [0.3, 0.4) is 0 Å². The Morgan fingerprint density at radius 2 is 2.30 bits per heavy atom. The van der Waals surface area contributed by atoms with Crippen molar-refractivity contribution in [2.45, 2.75) is 0 Å². The summed E-state index contributed by atoms with van der Waals surface area (Å²) in [5.41, 5.74) is 1.06. The molecule has 2 heterocycles. The Labute approximate surface area is 60.4 Å². The molecule has 0 aliphatic rings. The van der Waals surface area contributed by atoms with Crippen molar-refractivity contribution in [2.24, 2.45) is 0 Å². The van der Waals surface area contributed by atoms with Crippen molar-refractivity contribution in [1.29, 1.82) is 0 Å². The topological polar surface area (TPSA) is 67.3 Å². The lowest BCUT2D eigenvalue weighted by molar-refractivity contribution is 0.954. The minimum Gasteiger partial charge on any atom is -0.240 e. The lowest BCUT2D eigenvalue weighted by Gasteiger charge is -1.84. The normalized spacial score (nSPS) is 10.5. The van der Waals surface area contributed by atoms with Crippen LogP contribution >= 0.6 is 11.6 Å². The summed E-state index contributed by atoms with van der Waals surface area (Å²) in [6, 6.07) is 0. The van der Waals surface area contributed by atoms with Gasteiger partial charge in [-0.15, -0.1) is 5.10 Å². The van der Waals surface area contributed by atoms with Crippen LogP contribution in [0.25, 0.3) is 11.2 Å². The monoisotopic (exact) mass is 155 g/mol. The number of H-pyrrole nitrogens is 1. The molecule has 2 rings (SSSR count). The van der Waals surface area contributed by atoms with Crippen LogP contribution in [0.2, 0.25) is 5.15 Å². The first-order valence-electron chi connectivity index (χ1n) is 2.55. The van der Waals surface area contributed by atoms with Gasteiger partial charge in [-0.25, -0.2) is 15.1 Å². The molecule has 0 saturated carbocycles. The van der Waals surface area contributed by atoms with Crippen LogP contribution in [-0.2, 0) is 0 Å². The number of aromatic amines is 1. The molecule has 50 valence electrons. The van der Waals surface area contributed by atoms with E-state index in [1.807, 2.05) is 0 Å². The van der Waals surface area contributed by atoms with E-state index in [0.29, 0.717) is 16.3 Å². The zero-order valence-corrected chi connectivity index (χ0v) is 5.50. The molecule has 2 aromatic rings. The predicted molar refractivity (Wildman–Crippen MR) is 34.5 cm³/mol. The van der Waals surface area contributed by atoms with Gasteiger partial charge in [0.15, 0.2) is 16.3 Å². The van der Waals surface area contributed by atoms with Gasteiger partial charge in [-0.2, -0.15) is 0 Å². The summed E-state index contributed by atoms with van der Waals surface area (Å²) in [5, 5.41) is 10.0. The lowest BCUT2D eigenvalue weighted by Crippen LogP contribution is -1.80. The fourth-order valence-corrected chi connectivity index (χ4v) is 0.821. The molecule has 0 unspecified atom stereocenters. The highest BCUT2D eigenvalue weighted by Crippen LogP contribution is 2.12. The minimum absolute atomic E-state index is 0.318. The quantitative estimate of drug-likeness (QED) is 0.560. The molecule has 5 nitrogen and oxygen atoms in total. The third-order valence-electron chi connectivity index (χ3n) is 1.08. The molecule has 0 bridgehead atoms. The molecule has 0 fully saturated rings. The largest absolute Gasteiger partial charge is 0.240 e. The van der Waals surface area contributed by atoms with E-state index in [4.69, 9.17) is 11.6 Å². The van der Waals surface area contributed by atoms with E-state index < -0.39 is 0 Å². The van der Waals surface area contributed by atoms with Crippen LogP contribution in [0.15, 0.2) is 6.33 Å². The fraction of sp³-hybridized carbons (Fsp3) is 0. The number of hydrogen-bond acceptors (Lipinski definition) is 4. The molecule has 0 radical (unpaired) electrons. The molecule has 0 aliphatic heterocycles. The van der Waals surface area contributed by atoms with Crippen molar-refractivity contribution in [1.82, 2.24) is 25.4 Å². The third kappa shape index (κ3) is 0.640. The number of fused-ring (bicyclic) bond motifs is 1. The molecule has 0 atom stereocenters. The summed E-state index contributed by atoms with van der Waals surface area (Å²) < 4.78 is 0. The zero-order chi connectivity index (χ0) is 6.97. The van der Waals surface area contributed by atoms with Gasteiger partial charge in [-0.3, -0.25) is 0 Å². The van der Waals surface area contributed by atoms with Gasteiger partial charge in [0, 0.05) is 0 Å². The average molecular weight is 156 g/mol. The number of nitrogens with zero attached hydrogens (tertiary/aromatic N) is 4. The smallest absolute Gasteiger partial charge is 0.180 e. The van der Waals surface area contributed by atoms with E-state index in [1.165, 1.54) is 6.33 Å². The summed E-state index contributed by atoms with van der Waals surface area (Å²) >= 11 is 5.62. The number of rotatable bonds is 0. The van der Waals surface area contributed by atoms with E-state index in [0.717, 1.165) is 0 Å². The van der Waals surface area contributed by atoms with Gasteiger partial charge in [0.1, 0.15) is 6.33 Å². The maximum atomic E-state index is 5.62. The van der Waals surface area contributed by atoms with Gasteiger partial charge in [0.05, 0.1) is 0 Å². The fourth-order valence-electron chi connectivity index (χ4n) is 0.650. The number of aromatic nitrogens is 5. The Morgan fingerprint density at radius 3 is 3.10 bits per heavy atom. The van der Waals surface area contributed by atoms with Crippen LogP contribution in [0.4, 0.5) is 0 Å². The first kappa shape index (κ1) is 5.55. The predicted octanol–water partition coefficient (Wildman–Crippen LogP) is 0.401. The highest BCUT2D eigenvalue weighted by atomic mass is 35.5. The highest BCUT2D eigenvalue weighted by Gasteiger charge is 2.02. The summed E-state index contributed by atoms with van der Waals surface area (Å²) in [6.45, 7) is 0. The summed E-state index contributed by atoms with van der Waals surface area (Å²) in [5.74, 6) is 0. The molecule has 0 saturated heterocycles. The molecule has 10 heavy (non-hydrogen) atoms. The zero-order valence-electron chi connectivity index (χ0n) is 4.74. The van der Waals surface area contributed by atoms with E-state index in [9.17, 15) is 0 Å². The van der Waals surface area contributed by atoms with Gasteiger partial charge >= 0.3 is 0 Å². The van der Waals surface area contributed by atoms with Crippen LogP contribution in [-0.4, -0.2) is 25.4 Å². The molecule has 1 N–H and O–H groups in total. The Hall–Kier alpha value is -1.23. The van der Waals surface area contributed by atoms with Crippen molar-refractivity contribution in [2.75, 3.05) is 0 Å². The van der Waals surface area contributed by atoms with Crippen LogP contribution in [0.5, 0.6) is 0 Å².